The molecule has 0 aromatic rings. The average molecular weight is 143 g/mol. The summed E-state index contributed by atoms with van der Waals surface area (Å²) in [6, 6.07) is 0.289. The summed E-state index contributed by atoms with van der Waals surface area (Å²) in [6.07, 6.45) is 3.97. The first-order valence-electron chi connectivity index (χ1n) is 3.63. The van der Waals surface area contributed by atoms with Crippen LogP contribution in [0.2, 0.25) is 0 Å². The lowest BCUT2D eigenvalue weighted by atomic mass is 10.3. The van der Waals surface area contributed by atoms with E-state index in [2.05, 4.69) is 0 Å². The van der Waals surface area contributed by atoms with Gasteiger partial charge in [0.2, 0.25) is 0 Å². The van der Waals surface area contributed by atoms with E-state index in [0.717, 1.165) is 25.5 Å². The van der Waals surface area contributed by atoms with Gasteiger partial charge in [0.1, 0.15) is 12.9 Å². The molecule has 0 spiro atoms. The molecule has 1 saturated carbocycles. The van der Waals surface area contributed by atoms with Crippen molar-refractivity contribution in [3.05, 3.63) is 0 Å². The first-order valence-corrected chi connectivity index (χ1v) is 3.63. The molecule has 2 N–H and O–H groups in total. The lowest BCUT2D eigenvalue weighted by Crippen LogP contribution is -2.17. The lowest BCUT2D eigenvalue weighted by Gasteiger charge is -2.07. The molecular formula is C7H13NO2. The predicted octanol–water partition coefficient (Wildman–Crippen LogP) is 0.0817. The largest absolute Gasteiger partial charge is 0.371 e. The molecule has 0 aliphatic heterocycles. The molecule has 1 aliphatic carbocycles. The number of carbonyl (C=O) groups is 1. The average Bonchev–Trinajstić information content (AvgIpc) is 2.31. The lowest BCUT2D eigenvalue weighted by molar-refractivity contribution is -0.113. The zero-order chi connectivity index (χ0) is 7.40. The van der Waals surface area contributed by atoms with Gasteiger partial charge in [-0.15, -0.1) is 0 Å². The molecule has 0 aromatic carbocycles. The van der Waals surface area contributed by atoms with Gasteiger partial charge in [0.25, 0.3) is 0 Å². The highest BCUT2D eigenvalue weighted by atomic mass is 16.5. The van der Waals surface area contributed by atoms with Crippen molar-refractivity contribution in [1.29, 1.82) is 0 Å². The quantitative estimate of drug-likeness (QED) is 0.569. The van der Waals surface area contributed by atoms with Crippen LogP contribution in [0.5, 0.6) is 0 Å². The SMILES string of the molecule is NC1CCC(OCC=O)C1. The van der Waals surface area contributed by atoms with Crippen molar-refractivity contribution in [1.82, 2.24) is 0 Å². The van der Waals surface area contributed by atoms with Crippen LogP contribution < -0.4 is 5.73 Å². The molecule has 0 aromatic heterocycles. The summed E-state index contributed by atoms with van der Waals surface area (Å²) < 4.78 is 5.17. The van der Waals surface area contributed by atoms with E-state index < -0.39 is 0 Å². The third-order valence-corrected chi connectivity index (χ3v) is 1.83. The highest BCUT2D eigenvalue weighted by Gasteiger charge is 2.21. The maximum atomic E-state index is 9.89. The third-order valence-electron chi connectivity index (χ3n) is 1.83. The standard InChI is InChI=1S/C7H13NO2/c8-6-1-2-7(5-6)10-4-3-9/h3,6-7H,1-2,4-5,8H2. The van der Waals surface area contributed by atoms with Crippen molar-refractivity contribution in [2.75, 3.05) is 6.61 Å². The van der Waals surface area contributed by atoms with Crippen LogP contribution in [0.1, 0.15) is 19.3 Å². The van der Waals surface area contributed by atoms with Crippen molar-refractivity contribution in [3.8, 4) is 0 Å². The summed E-state index contributed by atoms with van der Waals surface area (Å²) in [6.45, 7) is 0.220. The first-order chi connectivity index (χ1) is 4.83. The van der Waals surface area contributed by atoms with Gasteiger partial charge in [0.15, 0.2) is 0 Å². The van der Waals surface area contributed by atoms with E-state index >= 15 is 0 Å². The van der Waals surface area contributed by atoms with E-state index in [4.69, 9.17) is 10.5 Å². The Kier molecular flexibility index (Phi) is 2.83. The molecular weight excluding hydrogens is 130 g/mol. The fraction of sp³-hybridized carbons (Fsp3) is 0.857. The van der Waals surface area contributed by atoms with Crippen molar-refractivity contribution in [2.24, 2.45) is 5.73 Å². The maximum absolute atomic E-state index is 9.89. The minimum Gasteiger partial charge on any atom is -0.371 e. The normalized spacial score (nSPS) is 32.5. The van der Waals surface area contributed by atoms with E-state index in [1.807, 2.05) is 0 Å². The van der Waals surface area contributed by atoms with Gasteiger partial charge in [-0.2, -0.15) is 0 Å². The Hall–Kier alpha value is -0.410. The Morgan fingerprint density at radius 3 is 2.90 bits per heavy atom. The minimum absolute atomic E-state index is 0.220. The molecule has 0 amide bonds. The first kappa shape index (κ1) is 7.69. The number of carbonyl (C=O) groups excluding carboxylic acids is 1. The van der Waals surface area contributed by atoms with Crippen LogP contribution in [0.4, 0.5) is 0 Å². The summed E-state index contributed by atoms with van der Waals surface area (Å²) in [4.78, 5) is 9.89. The van der Waals surface area contributed by atoms with Crippen LogP contribution >= 0.6 is 0 Å². The molecule has 58 valence electrons. The van der Waals surface area contributed by atoms with Crippen LogP contribution in [-0.4, -0.2) is 25.0 Å². The number of rotatable bonds is 3. The third kappa shape index (κ3) is 2.08. The molecule has 10 heavy (non-hydrogen) atoms. The van der Waals surface area contributed by atoms with Crippen molar-refractivity contribution < 1.29 is 9.53 Å². The van der Waals surface area contributed by atoms with Crippen LogP contribution in [0, 0.1) is 0 Å². The van der Waals surface area contributed by atoms with E-state index in [-0.39, 0.29) is 18.8 Å². The number of ether oxygens (including phenoxy) is 1. The van der Waals surface area contributed by atoms with Crippen molar-refractivity contribution in [2.45, 2.75) is 31.4 Å². The number of aldehydes is 1. The van der Waals surface area contributed by atoms with Gasteiger partial charge in [-0.05, 0) is 19.3 Å². The topological polar surface area (TPSA) is 52.3 Å². The second kappa shape index (κ2) is 3.68. The van der Waals surface area contributed by atoms with Crippen LogP contribution in [0.25, 0.3) is 0 Å². The Morgan fingerprint density at radius 1 is 1.60 bits per heavy atom. The number of hydrogen-bond donors (Lipinski definition) is 1. The predicted molar refractivity (Wildman–Crippen MR) is 37.6 cm³/mol. The molecule has 2 atom stereocenters. The Morgan fingerprint density at radius 2 is 2.40 bits per heavy atom. The van der Waals surface area contributed by atoms with Crippen molar-refractivity contribution in [3.63, 3.8) is 0 Å². The summed E-state index contributed by atoms with van der Waals surface area (Å²) in [7, 11) is 0. The van der Waals surface area contributed by atoms with E-state index in [9.17, 15) is 4.79 Å². The zero-order valence-corrected chi connectivity index (χ0v) is 5.95. The molecule has 1 rings (SSSR count). The Balaban J connectivity index is 2.12. The van der Waals surface area contributed by atoms with Gasteiger partial charge >= 0.3 is 0 Å². The van der Waals surface area contributed by atoms with Gasteiger partial charge in [0.05, 0.1) is 6.10 Å². The second-order valence-electron chi connectivity index (χ2n) is 2.70. The van der Waals surface area contributed by atoms with Gasteiger partial charge in [0, 0.05) is 6.04 Å². The summed E-state index contributed by atoms with van der Waals surface area (Å²) in [5.41, 5.74) is 5.63. The van der Waals surface area contributed by atoms with Gasteiger partial charge in [-0.3, -0.25) is 0 Å². The van der Waals surface area contributed by atoms with Gasteiger partial charge in [-0.1, -0.05) is 0 Å². The molecule has 1 aliphatic rings. The molecule has 0 saturated heterocycles. The number of hydrogen-bond acceptors (Lipinski definition) is 3. The number of nitrogens with two attached hydrogens (primary N) is 1. The minimum atomic E-state index is 0.220. The van der Waals surface area contributed by atoms with E-state index in [0.29, 0.717) is 0 Å². The Bertz CT molecular complexity index is 116. The fourth-order valence-electron chi connectivity index (χ4n) is 1.30. The Labute approximate surface area is 60.5 Å². The van der Waals surface area contributed by atoms with Gasteiger partial charge in [-0.25, -0.2) is 0 Å². The van der Waals surface area contributed by atoms with Gasteiger partial charge < -0.3 is 15.3 Å². The summed E-state index contributed by atoms with van der Waals surface area (Å²) >= 11 is 0. The monoisotopic (exact) mass is 143 g/mol. The van der Waals surface area contributed by atoms with Crippen molar-refractivity contribution >= 4 is 6.29 Å². The van der Waals surface area contributed by atoms with E-state index in [1.54, 1.807) is 0 Å². The highest BCUT2D eigenvalue weighted by Crippen LogP contribution is 2.19. The molecule has 0 bridgehead atoms. The molecule has 1 fully saturated rings. The second-order valence-corrected chi connectivity index (χ2v) is 2.70. The molecule has 2 unspecified atom stereocenters. The summed E-state index contributed by atoms with van der Waals surface area (Å²) in [5.74, 6) is 0. The van der Waals surface area contributed by atoms with Crippen LogP contribution in [0.15, 0.2) is 0 Å². The summed E-state index contributed by atoms with van der Waals surface area (Å²) in [5, 5.41) is 0. The highest BCUT2D eigenvalue weighted by molar-refractivity contribution is 5.50. The molecule has 3 heteroatoms. The van der Waals surface area contributed by atoms with E-state index in [1.165, 1.54) is 0 Å². The van der Waals surface area contributed by atoms with Crippen LogP contribution in [-0.2, 0) is 9.53 Å². The fourth-order valence-corrected chi connectivity index (χ4v) is 1.30. The van der Waals surface area contributed by atoms with Crippen LogP contribution in [0.3, 0.4) is 0 Å². The molecule has 0 heterocycles. The molecule has 0 radical (unpaired) electrons. The zero-order valence-electron chi connectivity index (χ0n) is 5.95. The smallest absolute Gasteiger partial charge is 0.145 e. The maximum Gasteiger partial charge on any atom is 0.145 e. The molecule has 3 nitrogen and oxygen atoms in total.